The van der Waals surface area contributed by atoms with Gasteiger partial charge in [-0.25, -0.2) is 4.68 Å². The van der Waals surface area contributed by atoms with Crippen LogP contribution in [-0.4, -0.2) is 62.2 Å². The van der Waals surface area contributed by atoms with Crippen LogP contribution in [0.4, 0.5) is 0 Å². The van der Waals surface area contributed by atoms with Crippen LogP contribution < -0.4 is 0 Å². The Balaban J connectivity index is 0.00000261. The zero-order chi connectivity index (χ0) is 18.6. The van der Waals surface area contributed by atoms with Gasteiger partial charge in [0, 0.05) is 32.2 Å². The van der Waals surface area contributed by atoms with E-state index < -0.39 is 0 Å². The van der Waals surface area contributed by atoms with Gasteiger partial charge in [0.25, 0.3) is 0 Å². The third-order valence-electron chi connectivity index (χ3n) is 6.67. The van der Waals surface area contributed by atoms with Crippen molar-refractivity contribution in [2.24, 2.45) is 0 Å². The Bertz CT molecular complexity index is 546. The molecule has 1 aromatic rings. The fourth-order valence-corrected chi connectivity index (χ4v) is 4.59. The van der Waals surface area contributed by atoms with E-state index in [0.717, 1.165) is 44.2 Å². The van der Waals surface area contributed by atoms with E-state index in [9.17, 15) is 0 Å². The minimum Gasteiger partial charge on any atom is -0.298 e. The highest BCUT2D eigenvalue weighted by molar-refractivity contribution is 5.85. The van der Waals surface area contributed by atoms with E-state index in [2.05, 4.69) is 57.7 Å². The van der Waals surface area contributed by atoms with Crippen LogP contribution in [0.15, 0.2) is 0 Å². The summed E-state index contributed by atoms with van der Waals surface area (Å²) in [6.07, 6.45) is 10.4. The molecule has 0 bridgehead atoms. The van der Waals surface area contributed by atoms with Gasteiger partial charge in [0.05, 0.1) is 11.6 Å². The number of piperazine rings is 1. The first-order valence-electron chi connectivity index (χ1n) is 10.8. The summed E-state index contributed by atoms with van der Waals surface area (Å²) >= 11 is 0. The second-order valence-electron chi connectivity index (χ2n) is 8.78. The molecule has 1 atom stereocenters. The Kier molecular flexibility index (Phi) is 8.50. The number of nitrogens with zero attached hydrogens (tertiary/aromatic N) is 6. The molecule has 156 valence electrons. The van der Waals surface area contributed by atoms with E-state index in [1.807, 2.05) is 0 Å². The van der Waals surface area contributed by atoms with Crippen molar-refractivity contribution in [3.05, 3.63) is 5.82 Å². The first-order valence-corrected chi connectivity index (χ1v) is 10.8. The molecule has 0 spiro atoms. The standard InChI is InChI=1S/C20H38N6.ClH/c1-5-10-18(19-21-22-23-26(19)20(3,4)6-2)25-15-13-24(14-16-25)17-11-8-7-9-12-17;/h17-18H,5-16H2,1-4H3;1H. The van der Waals surface area contributed by atoms with Gasteiger partial charge in [-0.3, -0.25) is 9.80 Å². The number of halogens is 1. The zero-order valence-electron chi connectivity index (χ0n) is 17.7. The van der Waals surface area contributed by atoms with Crippen molar-refractivity contribution in [3.63, 3.8) is 0 Å². The highest BCUT2D eigenvalue weighted by Crippen LogP contribution is 2.30. The highest BCUT2D eigenvalue weighted by atomic mass is 35.5. The van der Waals surface area contributed by atoms with Crippen LogP contribution in [0.1, 0.15) is 90.9 Å². The van der Waals surface area contributed by atoms with E-state index in [1.54, 1.807) is 0 Å². The van der Waals surface area contributed by atoms with E-state index in [4.69, 9.17) is 0 Å². The van der Waals surface area contributed by atoms with Gasteiger partial charge in [-0.2, -0.15) is 0 Å². The highest BCUT2D eigenvalue weighted by Gasteiger charge is 2.33. The second kappa shape index (κ2) is 10.2. The predicted octanol–water partition coefficient (Wildman–Crippen LogP) is 4.03. The van der Waals surface area contributed by atoms with Crippen molar-refractivity contribution < 1.29 is 0 Å². The summed E-state index contributed by atoms with van der Waals surface area (Å²) in [6.45, 7) is 13.6. The molecule has 6 nitrogen and oxygen atoms in total. The van der Waals surface area contributed by atoms with Gasteiger partial charge in [-0.1, -0.05) is 39.5 Å². The Morgan fingerprint density at radius 2 is 1.70 bits per heavy atom. The number of rotatable bonds is 7. The van der Waals surface area contributed by atoms with Gasteiger partial charge in [0.1, 0.15) is 0 Å². The van der Waals surface area contributed by atoms with Gasteiger partial charge in [-0.05, 0) is 50.0 Å². The van der Waals surface area contributed by atoms with Crippen molar-refractivity contribution in [2.75, 3.05) is 26.2 Å². The molecule has 0 N–H and O–H groups in total. The van der Waals surface area contributed by atoms with Gasteiger partial charge in [-0.15, -0.1) is 17.5 Å². The summed E-state index contributed by atoms with van der Waals surface area (Å²) in [5, 5.41) is 12.9. The van der Waals surface area contributed by atoms with Crippen LogP contribution in [0.25, 0.3) is 0 Å². The minimum absolute atomic E-state index is 0. The maximum Gasteiger partial charge on any atom is 0.168 e. The number of hydrogen-bond acceptors (Lipinski definition) is 5. The maximum atomic E-state index is 4.48. The molecule has 0 aromatic carbocycles. The summed E-state index contributed by atoms with van der Waals surface area (Å²) in [5.74, 6) is 1.06. The van der Waals surface area contributed by atoms with E-state index in [1.165, 1.54) is 45.2 Å². The summed E-state index contributed by atoms with van der Waals surface area (Å²) in [6, 6.07) is 1.18. The van der Waals surface area contributed by atoms with Crippen LogP contribution in [0.2, 0.25) is 0 Å². The summed E-state index contributed by atoms with van der Waals surface area (Å²) in [4.78, 5) is 5.38. The molecule has 0 radical (unpaired) electrons. The molecule has 2 aliphatic rings. The van der Waals surface area contributed by atoms with Crippen LogP contribution >= 0.6 is 12.4 Å². The SMILES string of the molecule is CCCC(c1nnnn1C(C)(C)CC)N1CCN(C2CCCCC2)CC1.Cl. The van der Waals surface area contributed by atoms with Crippen LogP contribution in [0.5, 0.6) is 0 Å². The Morgan fingerprint density at radius 1 is 1.04 bits per heavy atom. The fraction of sp³-hybridized carbons (Fsp3) is 0.950. The fourth-order valence-electron chi connectivity index (χ4n) is 4.59. The smallest absolute Gasteiger partial charge is 0.168 e. The monoisotopic (exact) mass is 398 g/mol. The van der Waals surface area contributed by atoms with Crippen LogP contribution in [0.3, 0.4) is 0 Å². The topological polar surface area (TPSA) is 50.1 Å². The first-order chi connectivity index (χ1) is 12.6. The lowest BCUT2D eigenvalue weighted by Crippen LogP contribution is -2.52. The summed E-state index contributed by atoms with van der Waals surface area (Å²) in [5.41, 5.74) is -0.0330. The molecule has 3 rings (SSSR count). The Labute approximate surface area is 171 Å². The lowest BCUT2D eigenvalue weighted by Gasteiger charge is -2.43. The van der Waals surface area contributed by atoms with E-state index >= 15 is 0 Å². The van der Waals surface area contributed by atoms with Crippen molar-refractivity contribution in [2.45, 2.75) is 96.7 Å². The number of hydrogen-bond donors (Lipinski definition) is 0. The van der Waals surface area contributed by atoms with Crippen molar-refractivity contribution in [1.82, 2.24) is 30.0 Å². The molecule has 1 aliphatic carbocycles. The Hall–Kier alpha value is -0.720. The average molecular weight is 399 g/mol. The van der Waals surface area contributed by atoms with Crippen molar-refractivity contribution in [1.29, 1.82) is 0 Å². The third-order valence-corrected chi connectivity index (χ3v) is 6.67. The molecule has 0 amide bonds. The molecule has 1 saturated heterocycles. The second-order valence-corrected chi connectivity index (χ2v) is 8.78. The molecule has 1 saturated carbocycles. The van der Waals surface area contributed by atoms with Crippen LogP contribution in [-0.2, 0) is 5.54 Å². The number of aromatic nitrogens is 4. The average Bonchev–Trinajstić information content (AvgIpc) is 3.17. The molecule has 2 fully saturated rings. The van der Waals surface area contributed by atoms with Crippen molar-refractivity contribution >= 4 is 12.4 Å². The van der Waals surface area contributed by atoms with Gasteiger partial charge >= 0.3 is 0 Å². The minimum atomic E-state index is -0.0330. The predicted molar refractivity (Wildman–Crippen MR) is 112 cm³/mol. The lowest BCUT2D eigenvalue weighted by molar-refractivity contribution is 0.0483. The summed E-state index contributed by atoms with van der Waals surface area (Å²) < 4.78 is 2.08. The molecular formula is C20H39ClN6. The van der Waals surface area contributed by atoms with E-state index in [0.29, 0.717) is 6.04 Å². The largest absolute Gasteiger partial charge is 0.298 e. The normalized spacial score (nSPS) is 21.8. The Morgan fingerprint density at radius 3 is 2.30 bits per heavy atom. The lowest BCUT2D eigenvalue weighted by atomic mass is 9.93. The molecule has 1 aromatic heterocycles. The maximum absolute atomic E-state index is 4.48. The van der Waals surface area contributed by atoms with Gasteiger partial charge < -0.3 is 0 Å². The number of tetrazole rings is 1. The molecule has 1 aliphatic heterocycles. The molecular weight excluding hydrogens is 360 g/mol. The zero-order valence-corrected chi connectivity index (χ0v) is 18.5. The van der Waals surface area contributed by atoms with Crippen molar-refractivity contribution in [3.8, 4) is 0 Å². The third kappa shape index (κ3) is 5.21. The van der Waals surface area contributed by atoms with E-state index in [-0.39, 0.29) is 17.9 Å². The van der Waals surface area contributed by atoms with Gasteiger partial charge in [0.2, 0.25) is 0 Å². The molecule has 27 heavy (non-hydrogen) atoms. The first kappa shape index (κ1) is 22.6. The molecule has 1 unspecified atom stereocenters. The van der Waals surface area contributed by atoms with Crippen LogP contribution in [0, 0.1) is 0 Å². The quantitative estimate of drug-likeness (QED) is 0.693. The van der Waals surface area contributed by atoms with Gasteiger partial charge in [0.15, 0.2) is 5.82 Å². The molecule has 7 heteroatoms. The molecule has 2 heterocycles. The summed E-state index contributed by atoms with van der Waals surface area (Å²) in [7, 11) is 0.